The molecule has 7 heteroatoms. The summed E-state index contributed by atoms with van der Waals surface area (Å²) in [5.74, 6) is 2.62. The number of rotatable bonds is 4. The Morgan fingerprint density at radius 1 is 1.15 bits per heavy atom. The number of benzene rings is 1. The third-order valence-corrected chi connectivity index (χ3v) is 4.63. The number of ether oxygens (including phenoxy) is 3. The summed E-state index contributed by atoms with van der Waals surface area (Å²) in [6.45, 7) is 6.38. The maximum Gasteiger partial charge on any atom is 0.193 e. The molecule has 0 saturated carbocycles. The minimum absolute atomic E-state index is 0. The molecule has 2 heterocycles. The van der Waals surface area contributed by atoms with Crippen LogP contribution in [0.3, 0.4) is 0 Å². The smallest absolute Gasteiger partial charge is 0.193 e. The summed E-state index contributed by atoms with van der Waals surface area (Å²) in [5, 5.41) is 3.14. The van der Waals surface area contributed by atoms with Crippen molar-refractivity contribution in [3.8, 4) is 11.5 Å². The topological polar surface area (TPSA) is 78.1 Å². The Labute approximate surface area is 172 Å². The first-order valence-electron chi connectivity index (χ1n) is 9.22. The molecule has 2 unspecified atom stereocenters. The summed E-state index contributed by atoms with van der Waals surface area (Å²) < 4.78 is 17.1. The third-order valence-electron chi connectivity index (χ3n) is 4.63. The van der Waals surface area contributed by atoms with Crippen molar-refractivity contribution >= 4 is 35.6 Å². The second-order valence-electron chi connectivity index (χ2n) is 6.99. The molecule has 3 N–H and O–H groups in total. The zero-order valence-corrected chi connectivity index (χ0v) is 17.9. The van der Waals surface area contributed by atoms with Gasteiger partial charge in [-0.15, -0.1) is 24.0 Å². The first-order valence-corrected chi connectivity index (χ1v) is 9.22. The fourth-order valence-corrected chi connectivity index (χ4v) is 3.57. The molecule has 0 amide bonds. The van der Waals surface area contributed by atoms with E-state index >= 15 is 0 Å². The fraction of sp³-hybridized carbons (Fsp3) is 0.632. The van der Waals surface area contributed by atoms with Crippen molar-refractivity contribution in [2.24, 2.45) is 16.6 Å². The normalized spacial score (nSPS) is 25.8. The van der Waals surface area contributed by atoms with Crippen molar-refractivity contribution < 1.29 is 14.2 Å². The lowest BCUT2D eigenvalue weighted by molar-refractivity contribution is -0.0529. The van der Waals surface area contributed by atoms with Gasteiger partial charge in [-0.05, 0) is 51.2 Å². The van der Waals surface area contributed by atoms with E-state index in [2.05, 4.69) is 24.2 Å². The molecule has 26 heavy (non-hydrogen) atoms. The standard InChI is InChI=1S/C19H29N3O3.HI/c1-13-10-15(11-14(2)25-13)6-7-21-19(20)22-16-4-5-17-18(12-16)24-9-3-8-23-17;/h4-5,12-15H,3,6-11H2,1-2H3,(H3,20,21,22);1H. The second-order valence-corrected chi connectivity index (χ2v) is 6.99. The van der Waals surface area contributed by atoms with Gasteiger partial charge in [-0.2, -0.15) is 0 Å². The Hall–Kier alpha value is -1.22. The molecule has 2 atom stereocenters. The van der Waals surface area contributed by atoms with E-state index in [1.165, 1.54) is 0 Å². The average Bonchev–Trinajstić information content (AvgIpc) is 2.79. The van der Waals surface area contributed by atoms with Crippen molar-refractivity contribution in [3.05, 3.63) is 18.2 Å². The molecule has 0 spiro atoms. The van der Waals surface area contributed by atoms with Gasteiger partial charge in [0, 0.05) is 24.7 Å². The second kappa shape index (κ2) is 10.2. The van der Waals surface area contributed by atoms with Crippen LogP contribution in [0.5, 0.6) is 11.5 Å². The minimum atomic E-state index is 0. The van der Waals surface area contributed by atoms with Crippen LogP contribution in [-0.2, 0) is 4.74 Å². The van der Waals surface area contributed by atoms with Crippen LogP contribution in [0.25, 0.3) is 0 Å². The van der Waals surface area contributed by atoms with E-state index in [4.69, 9.17) is 19.9 Å². The molecule has 1 aromatic rings. The first-order chi connectivity index (χ1) is 12.1. The predicted octanol–water partition coefficient (Wildman–Crippen LogP) is 3.79. The van der Waals surface area contributed by atoms with Crippen molar-refractivity contribution in [1.29, 1.82) is 0 Å². The zero-order valence-electron chi connectivity index (χ0n) is 15.6. The quantitative estimate of drug-likeness (QED) is 0.394. The highest BCUT2D eigenvalue weighted by molar-refractivity contribution is 14.0. The molecule has 0 bridgehead atoms. The van der Waals surface area contributed by atoms with Gasteiger partial charge >= 0.3 is 0 Å². The number of nitrogens with zero attached hydrogens (tertiary/aromatic N) is 1. The van der Waals surface area contributed by atoms with Gasteiger partial charge in [0.05, 0.1) is 25.4 Å². The molecule has 0 aliphatic carbocycles. The highest BCUT2D eigenvalue weighted by Crippen LogP contribution is 2.32. The fourth-order valence-electron chi connectivity index (χ4n) is 3.57. The highest BCUT2D eigenvalue weighted by Gasteiger charge is 2.23. The van der Waals surface area contributed by atoms with Gasteiger partial charge in [0.1, 0.15) is 0 Å². The lowest BCUT2D eigenvalue weighted by atomic mass is 9.90. The van der Waals surface area contributed by atoms with Crippen LogP contribution in [0.1, 0.15) is 39.5 Å². The van der Waals surface area contributed by atoms with Crippen molar-refractivity contribution in [3.63, 3.8) is 0 Å². The molecule has 146 valence electrons. The van der Waals surface area contributed by atoms with Gasteiger partial charge in [0.15, 0.2) is 17.5 Å². The van der Waals surface area contributed by atoms with E-state index in [0.717, 1.165) is 49.4 Å². The van der Waals surface area contributed by atoms with Crippen LogP contribution in [0.15, 0.2) is 23.2 Å². The molecular formula is C19H30IN3O3. The first kappa shape index (κ1) is 21.1. The molecule has 6 nitrogen and oxygen atoms in total. The number of anilines is 1. The monoisotopic (exact) mass is 475 g/mol. The number of aliphatic imine (C=N–C) groups is 1. The number of hydrogen-bond acceptors (Lipinski definition) is 4. The largest absolute Gasteiger partial charge is 0.490 e. The predicted molar refractivity (Wildman–Crippen MR) is 115 cm³/mol. The van der Waals surface area contributed by atoms with Crippen LogP contribution < -0.4 is 20.5 Å². The van der Waals surface area contributed by atoms with Gasteiger partial charge in [-0.3, -0.25) is 4.99 Å². The number of guanidine groups is 1. The average molecular weight is 475 g/mol. The summed E-state index contributed by atoms with van der Waals surface area (Å²) in [6, 6.07) is 5.74. The minimum Gasteiger partial charge on any atom is -0.490 e. The van der Waals surface area contributed by atoms with Gasteiger partial charge in [-0.25, -0.2) is 0 Å². The van der Waals surface area contributed by atoms with Crippen molar-refractivity contribution in [2.45, 2.75) is 51.7 Å². The van der Waals surface area contributed by atoms with Gasteiger partial charge in [-0.1, -0.05) is 0 Å². The SMILES string of the molecule is CC1CC(CCN=C(N)Nc2ccc3c(c2)OCCCO3)CC(C)O1.I. The zero-order chi connectivity index (χ0) is 17.6. The number of hydrogen-bond donors (Lipinski definition) is 2. The van der Waals surface area contributed by atoms with Crippen molar-refractivity contribution in [1.82, 2.24) is 0 Å². The summed E-state index contributed by atoms with van der Waals surface area (Å²) in [5.41, 5.74) is 6.89. The van der Waals surface area contributed by atoms with E-state index in [-0.39, 0.29) is 24.0 Å². The lowest BCUT2D eigenvalue weighted by Crippen LogP contribution is -2.30. The Balaban J connectivity index is 0.00000243. The molecule has 0 aromatic heterocycles. The van der Waals surface area contributed by atoms with E-state index in [1.54, 1.807) is 0 Å². The number of nitrogens with two attached hydrogens (primary N) is 1. The molecule has 1 fully saturated rings. The molecule has 0 radical (unpaired) electrons. The third kappa shape index (κ3) is 6.19. The highest BCUT2D eigenvalue weighted by atomic mass is 127. The lowest BCUT2D eigenvalue weighted by Gasteiger charge is -2.31. The maximum absolute atomic E-state index is 6.02. The Bertz CT molecular complexity index is 602. The number of fused-ring (bicyclic) bond motifs is 1. The van der Waals surface area contributed by atoms with Crippen LogP contribution in [-0.4, -0.2) is 37.9 Å². The van der Waals surface area contributed by atoms with Crippen LogP contribution in [0.2, 0.25) is 0 Å². The molecule has 1 saturated heterocycles. The van der Waals surface area contributed by atoms with E-state index < -0.39 is 0 Å². The Morgan fingerprint density at radius 2 is 1.85 bits per heavy atom. The van der Waals surface area contributed by atoms with Crippen molar-refractivity contribution in [2.75, 3.05) is 25.1 Å². The molecule has 1 aromatic carbocycles. The van der Waals surface area contributed by atoms with E-state index in [9.17, 15) is 0 Å². The molecule has 2 aliphatic heterocycles. The van der Waals surface area contributed by atoms with Gasteiger partial charge in [0.2, 0.25) is 0 Å². The summed E-state index contributed by atoms with van der Waals surface area (Å²) >= 11 is 0. The number of nitrogens with one attached hydrogen (secondary N) is 1. The van der Waals surface area contributed by atoms with Crippen LogP contribution in [0.4, 0.5) is 5.69 Å². The summed E-state index contributed by atoms with van der Waals surface area (Å²) in [6.07, 6.45) is 4.83. The molecule has 3 rings (SSSR count). The molecule has 2 aliphatic rings. The van der Waals surface area contributed by atoms with Crippen LogP contribution in [0, 0.1) is 5.92 Å². The van der Waals surface area contributed by atoms with E-state index in [1.807, 2.05) is 18.2 Å². The summed E-state index contributed by atoms with van der Waals surface area (Å²) in [4.78, 5) is 4.46. The number of halogens is 1. The Morgan fingerprint density at radius 3 is 2.58 bits per heavy atom. The van der Waals surface area contributed by atoms with Gasteiger partial charge in [0.25, 0.3) is 0 Å². The molecular weight excluding hydrogens is 445 g/mol. The van der Waals surface area contributed by atoms with Gasteiger partial charge < -0.3 is 25.3 Å². The maximum atomic E-state index is 6.02. The van der Waals surface area contributed by atoms with E-state index in [0.29, 0.717) is 37.3 Å². The Kier molecular flexibility index (Phi) is 8.27. The summed E-state index contributed by atoms with van der Waals surface area (Å²) in [7, 11) is 0. The van der Waals surface area contributed by atoms with Crippen LogP contribution >= 0.6 is 24.0 Å².